The topological polar surface area (TPSA) is 96.7 Å². The van der Waals surface area contributed by atoms with Crippen molar-refractivity contribution in [2.75, 3.05) is 12.0 Å². The Morgan fingerprint density at radius 2 is 2.16 bits per heavy atom. The lowest BCUT2D eigenvalue weighted by Gasteiger charge is -2.06. The second-order valence-electron chi connectivity index (χ2n) is 5.28. The number of ether oxygens (including phenoxy) is 1. The minimum Gasteiger partial charge on any atom is -0.481 e. The molecule has 0 spiro atoms. The summed E-state index contributed by atoms with van der Waals surface area (Å²) in [5.41, 5.74) is 4.73. The van der Waals surface area contributed by atoms with Crippen molar-refractivity contribution in [2.45, 2.75) is 13.8 Å². The molecule has 7 nitrogen and oxygen atoms in total. The number of carbonyl (C=O) groups is 1. The maximum Gasteiger partial charge on any atom is 0.341 e. The molecule has 3 aromatic rings. The third kappa shape index (κ3) is 3.74. The molecule has 0 aliphatic carbocycles. The van der Waals surface area contributed by atoms with Crippen LogP contribution in [-0.2, 0) is 4.79 Å². The second-order valence-corrected chi connectivity index (χ2v) is 6.48. The highest BCUT2D eigenvalue weighted by Crippen LogP contribution is 2.32. The largest absolute Gasteiger partial charge is 0.481 e. The molecule has 0 amide bonds. The summed E-state index contributed by atoms with van der Waals surface area (Å²) < 4.78 is 5.25. The summed E-state index contributed by atoms with van der Waals surface area (Å²) in [6, 6.07) is 7.08. The van der Waals surface area contributed by atoms with E-state index < -0.39 is 12.6 Å². The first-order valence-corrected chi connectivity index (χ1v) is 8.31. The van der Waals surface area contributed by atoms with E-state index >= 15 is 0 Å². The Balaban J connectivity index is 1.82. The third-order valence-corrected chi connectivity index (χ3v) is 4.72. The number of aryl methyl sites for hydroxylation is 2. The number of aromatic nitrogens is 2. The summed E-state index contributed by atoms with van der Waals surface area (Å²) in [6.07, 6.45) is 3.07. The van der Waals surface area contributed by atoms with Crippen LogP contribution < -0.4 is 10.2 Å². The van der Waals surface area contributed by atoms with E-state index in [0.717, 1.165) is 15.8 Å². The van der Waals surface area contributed by atoms with Crippen molar-refractivity contribution in [3.63, 3.8) is 0 Å². The first kappa shape index (κ1) is 16.8. The van der Waals surface area contributed by atoms with Gasteiger partial charge in [-0.1, -0.05) is 12.1 Å². The van der Waals surface area contributed by atoms with Crippen LogP contribution in [0, 0.1) is 13.8 Å². The summed E-state index contributed by atoms with van der Waals surface area (Å²) in [5, 5.41) is 13.9. The number of nitrogens with one attached hydrogen (secondary N) is 1. The molecular weight excluding hydrogens is 340 g/mol. The van der Waals surface area contributed by atoms with Crippen LogP contribution in [0.2, 0.25) is 0 Å². The summed E-state index contributed by atoms with van der Waals surface area (Å²) in [4.78, 5) is 21.3. The predicted molar refractivity (Wildman–Crippen MR) is 97.7 cm³/mol. The zero-order valence-corrected chi connectivity index (χ0v) is 14.5. The van der Waals surface area contributed by atoms with Gasteiger partial charge in [0.1, 0.15) is 16.9 Å². The summed E-state index contributed by atoms with van der Waals surface area (Å²) in [6.45, 7) is 3.67. The van der Waals surface area contributed by atoms with Gasteiger partial charge in [0.05, 0.1) is 11.6 Å². The molecule has 0 aliphatic heterocycles. The van der Waals surface area contributed by atoms with Gasteiger partial charge in [-0.25, -0.2) is 14.8 Å². The van der Waals surface area contributed by atoms with E-state index in [-0.39, 0.29) is 0 Å². The molecule has 0 saturated heterocycles. The summed E-state index contributed by atoms with van der Waals surface area (Å²) >= 11 is 1.62. The SMILES string of the molecule is Cc1sc2ncnc(N/N=C\c3ccccc3OCC(=O)O)c2c1C. The van der Waals surface area contributed by atoms with Crippen LogP contribution in [0.5, 0.6) is 5.75 Å². The quantitative estimate of drug-likeness (QED) is 0.520. The standard InChI is InChI=1S/C17H16N4O3S/c1-10-11(2)25-17-15(10)16(18-9-19-17)21-20-7-12-5-3-4-6-13(12)24-8-14(22)23/h3-7,9H,8H2,1-2H3,(H,22,23)(H,18,19,21)/b20-7-. The molecule has 2 N–H and O–H groups in total. The smallest absolute Gasteiger partial charge is 0.341 e. The zero-order chi connectivity index (χ0) is 17.8. The van der Waals surface area contributed by atoms with Crippen LogP contribution in [0.4, 0.5) is 5.82 Å². The number of thiophene rings is 1. The van der Waals surface area contributed by atoms with E-state index in [0.29, 0.717) is 17.1 Å². The van der Waals surface area contributed by atoms with Gasteiger partial charge in [0.15, 0.2) is 12.4 Å². The van der Waals surface area contributed by atoms with Crippen LogP contribution in [0.15, 0.2) is 35.7 Å². The summed E-state index contributed by atoms with van der Waals surface area (Å²) in [7, 11) is 0. The fourth-order valence-electron chi connectivity index (χ4n) is 2.29. The molecule has 128 valence electrons. The van der Waals surface area contributed by atoms with Crippen LogP contribution in [0.25, 0.3) is 10.2 Å². The highest BCUT2D eigenvalue weighted by Gasteiger charge is 2.11. The predicted octanol–water partition coefficient (Wildman–Crippen LogP) is 3.22. The van der Waals surface area contributed by atoms with Crippen LogP contribution in [-0.4, -0.2) is 33.9 Å². The van der Waals surface area contributed by atoms with Crippen molar-refractivity contribution in [3.8, 4) is 5.75 Å². The van der Waals surface area contributed by atoms with Crippen molar-refractivity contribution in [3.05, 3.63) is 46.6 Å². The number of nitrogens with zero attached hydrogens (tertiary/aromatic N) is 3. The van der Waals surface area contributed by atoms with Gasteiger partial charge in [0.2, 0.25) is 0 Å². The number of fused-ring (bicyclic) bond motifs is 1. The minimum atomic E-state index is -1.03. The third-order valence-electron chi connectivity index (χ3n) is 3.61. The van der Waals surface area contributed by atoms with E-state index in [4.69, 9.17) is 9.84 Å². The lowest BCUT2D eigenvalue weighted by atomic mass is 10.2. The Hall–Kier alpha value is -3.00. The molecule has 0 bridgehead atoms. The number of carboxylic acids is 1. The normalized spacial score (nSPS) is 11.1. The van der Waals surface area contributed by atoms with E-state index in [1.54, 1.807) is 35.8 Å². The van der Waals surface area contributed by atoms with Crippen molar-refractivity contribution >= 4 is 39.6 Å². The van der Waals surface area contributed by atoms with Gasteiger partial charge < -0.3 is 9.84 Å². The number of aliphatic carboxylic acids is 1. The number of hydrogen-bond acceptors (Lipinski definition) is 7. The fraction of sp³-hybridized carbons (Fsp3) is 0.176. The van der Waals surface area contributed by atoms with Gasteiger partial charge in [0, 0.05) is 10.4 Å². The molecular formula is C17H16N4O3S. The molecule has 25 heavy (non-hydrogen) atoms. The monoisotopic (exact) mass is 356 g/mol. The average Bonchev–Trinajstić information content (AvgIpc) is 2.89. The van der Waals surface area contributed by atoms with Gasteiger partial charge in [-0.3, -0.25) is 5.43 Å². The van der Waals surface area contributed by atoms with Crippen LogP contribution >= 0.6 is 11.3 Å². The van der Waals surface area contributed by atoms with E-state index in [9.17, 15) is 4.79 Å². The van der Waals surface area contributed by atoms with E-state index in [1.807, 2.05) is 19.9 Å². The zero-order valence-electron chi connectivity index (χ0n) is 13.7. The van der Waals surface area contributed by atoms with Gasteiger partial charge in [-0.15, -0.1) is 11.3 Å². The van der Waals surface area contributed by atoms with Crippen molar-refractivity contribution in [2.24, 2.45) is 5.10 Å². The molecule has 2 heterocycles. The Kier molecular flexibility index (Phi) is 4.90. The Morgan fingerprint density at radius 3 is 2.96 bits per heavy atom. The highest BCUT2D eigenvalue weighted by atomic mass is 32.1. The van der Waals surface area contributed by atoms with Crippen molar-refractivity contribution < 1.29 is 14.6 Å². The van der Waals surface area contributed by atoms with Gasteiger partial charge >= 0.3 is 5.97 Å². The number of anilines is 1. The molecule has 2 aromatic heterocycles. The number of carboxylic acid groups (broad SMARTS) is 1. The average molecular weight is 356 g/mol. The molecule has 0 saturated carbocycles. The molecule has 0 atom stereocenters. The lowest BCUT2D eigenvalue weighted by Crippen LogP contribution is -2.10. The Morgan fingerprint density at radius 1 is 1.36 bits per heavy atom. The molecule has 0 fully saturated rings. The molecule has 8 heteroatoms. The highest BCUT2D eigenvalue weighted by molar-refractivity contribution is 7.18. The second kappa shape index (κ2) is 7.27. The molecule has 1 aromatic carbocycles. The molecule has 0 unspecified atom stereocenters. The number of benzene rings is 1. The van der Waals surface area contributed by atoms with Crippen LogP contribution in [0.1, 0.15) is 16.0 Å². The number of hydrogen-bond donors (Lipinski definition) is 2. The number of para-hydroxylation sites is 1. The minimum absolute atomic E-state index is 0.405. The first-order chi connectivity index (χ1) is 12.1. The fourth-order valence-corrected chi connectivity index (χ4v) is 3.29. The van der Waals surface area contributed by atoms with E-state index in [2.05, 4.69) is 20.5 Å². The maximum absolute atomic E-state index is 10.7. The van der Waals surface area contributed by atoms with Gasteiger partial charge in [-0.2, -0.15) is 5.10 Å². The van der Waals surface area contributed by atoms with Gasteiger partial charge in [-0.05, 0) is 31.5 Å². The summed E-state index contributed by atoms with van der Waals surface area (Å²) in [5.74, 6) is 0.0504. The molecule has 0 aliphatic rings. The van der Waals surface area contributed by atoms with E-state index in [1.165, 1.54) is 11.2 Å². The molecule has 3 rings (SSSR count). The Bertz CT molecular complexity index is 952. The lowest BCUT2D eigenvalue weighted by molar-refractivity contribution is -0.139. The number of hydrazone groups is 1. The van der Waals surface area contributed by atoms with Crippen molar-refractivity contribution in [1.29, 1.82) is 0 Å². The maximum atomic E-state index is 10.7. The molecule has 0 radical (unpaired) electrons. The number of rotatable bonds is 6. The van der Waals surface area contributed by atoms with Crippen LogP contribution in [0.3, 0.4) is 0 Å². The Labute approximate surface area is 148 Å². The van der Waals surface area contributed by atoms with Crippen molar-refractivity contribution in [1.82, 2.24) is 9.97 Å². The first-order valence-electron chi connectivity index (χ1n) is 7.49. The van der Waals surface area contributed by atoms with Gasteiger partial charge in [0.25, 0.3) is 0 Å².